The molecule has 88 valence electrons. The molecule has 0 spiro atoms. The maximum Gasteiger partial charge on any atom is 0.0821 e. The second-order valence-electron chi connectivity index (χ2n) is 5.02. The summed E-state index contributed by atoms with van der Waals surface area (Å²) in [5.74, 6) is 0.637. The quantitative estimate of drug-likeness (QED) is 0.822. The van der Waals surface area contributed by atoms with E-state index in [1.807, 2.05) is 12.1 Å². The van der Waals surface area contributed by atoms with Gasteiger partial charge in [0.15, 0.2) is 0 Å². The monoisotopic (exact) mass is 220 g/mol. The van der Waals surface area contributed by atoms with Gasteiger partial charge in [-0.15, -0.1) is 0 Å². The van der Waals surface area contributed by atoms with Gasteiger partial charge in [-0.05, 0) is 30.9 Å². The summed E-state index contributed by atoms with van der Waals surface area (Å²) in [6.07, 6.45) is 7.72. The van der Waals surface area contributed by atoms with Crippen LogP contribution in [0.15, 0.2) is 24.5 Å². The van der Waals surface area contributed by atoms with Crippen LogP contribution in [0.3, 0.4) is 0 Å². The molecule has 1 saturated carbocycles. The van der Waals surface area contributed by atoms with Gasteiger partial charge in [0.1, 0.15) is 0 Å². The molecule has 0 aromatic carbocycles. The number of anilines is 1. The fraction of sp³-hybridized carbons (Fsp3) is 0.615. The molecule has 0 saturated heterocycles. The molecule has 0 bridgehead atoms. The highest BCUT2D eigenvalue weighted by Gasteiger charge is 2.32. The topological polar surface area (TPSA) is 45.1 Å². The summed E-state index contributed by atoms with van der Waals surface area (Å²) in [7, 11) is 0. The van der Waals surface area contributed by atoms with Gasteiger partial charge < -0.3 is 10.4 Å². The van der Waals surface area contributed by atoms with Crippen molar-refractivity contribution >= 4 is 5.69 Å². The number of hydrogen-bond donors (Lipinski definition) is 2. The molecule has 2 atom stereocenters. The first kappa shape index (κ1) is 11.4. The molecule has 3 nitrogen and oxygen atoms in total. The fourth-order valence-corrected chi connectivity index (χ4v) is 2.53. The van der Waals surface area contributed by atoms with Crippen molar-refractivity contribution in [2.45, 2.75) is 38.2 Å². The summed E-state index contributed by atoms with van der Waals surface area (Å²) in [6.45, 7) is 2.86. The molecule has 1 aliphatic carbocycles. The van der Waals surface area contributed by atoms with Gasteiger partial charge in [-0.2, -0.15) is 0 Å². The summed E-state index contributed by atoms with van der Waals surface area (Å²) in [5, 5.41) is 13.7. The van der Waals surface area contributed by atoms with E-state index in [-0.39, 0.29) is 0 Å². The smallest absolute Gasteiger partial charge is 0.0821 e. The van der Waals surface area contributed by atoms with Gasteiger partial charge in [0.05, 0.1) is 5.60 Å². The van der Waals surface area contributed by atoms with Crippen LogP contribution < -0.4 is 5.32 Å². The Hall–Kier alpha value is -1.09. The maximum atomic E-state index is 10.4. The molecular formula is C13H20N2O. The highest BCUT2D eigenvalue weighted by Crippen LogP contribution is 2.32. The Morgan fingerprint density at radius 1 is 1.50 bits per heavy atom. The van der Waals surface area contributed by atoms with Crippen LogP contribution in [0.5, 0.6) is 0 Å². The van der Waals surface area contributed by atoms with E-state index in [0.29, 0.717) is 12.5 Å². The van der Waals surface area contributed by atoms with E-state index in [1.165, 1.54) is 6.42 Å². The standard InChI is InChI=1S/C13H20N2O/c1-11-3-2-6-13(16,9-11)10-15-12-4-7-14-8-5-12/h4-5,7-8,11,16H,2-3,6,9-10H2,1H3,(H,14,15). The maximum absolute atomic E-state index is 10.4. The molecular weight excluding hydrogens is 200 g/mol. The molecule has 1 aromatic heterocycles. The van der Waals surface area contributed by atoms with E-state index in [0.717, 1.165) is 24.9 Å². The molecule has 0 amide bonds. The van der Waals surface area contributed by atoms with Crippen molar-refractivity contribution in [3.8, 4) is 0 Å². The molecule has 0 aliphatic heterocycles. The number of nitrogens with zero attached hydrogens (tertiary/aromatic N) is 1. The van der Waals surface area contributed by atoms with Gasteiger partial charge in [-0.3, -0.25) is 4.98 Å². The molecule has 16 heavy (non-hydrogen) atoms. The normalized spacial score (nSPS) is 30.0. The van der Waals surface area contributed by atoms with E-state index in [1.54, 1.807) is 12.4 Å². The number of nitrogens with one attached hydrogen (secondary N) is 1. The lowest BCUT2D eigenvalue weighted by atomic mass is 9.79. The third kappa shape index (κ3) is 2.95. The number of hydrogen-bond acceptors (Lipinski definition) is 3. The van der Waals surface area contributed by atoms with Crippen LogP contribution in [0.25, 0.3) is 0 Å². The van der Waals surface area contributed by atoms with Gasteiger partial charge in [0, 0.05) is 24.6 Å². The average Bonchev–Trinajstić information content (AvgIpc) is 2.28. The zero-order valence-corrected chi connectivity index (χ0v) is 9.82. The molecule has 1 aliphatic rings. The average molecular weight is 220 g/mol. The Labute approximate surface area is 96.9 Å². The highest BCUT2D eigenvalue weighted by molar-refractivity contribution is 5.41. The summed E-state index contributed by atoms with van der Waals surface area (Å²) >= 11 is 0. The lowest BCUT2D eigenvalue weighted by Gasteiger charge is -2.35. The van der Waals surface area contributed by atoms with Crippen molar-refractivity contribution in [3.05, 3.63) is 24.5 Å². The largest absolute Gasteiger partial charge is 0.388 e. The second-order valence-corrected chi connectivity index (χ2v) is 5.02. The van der Waals surface area contributed by atoms with Crippen molar-refractivity contribution in [1.82, 2.24) is 4.98 Å². The first-order valence-electron chi connectivity index (χ1n) is 6.04. The van der Waals surface area contributed by atoms with Crippen LogP contribution in [0.1, 0.15) is 32.6 Å². The molecule has 1 heterocycles. The van der Waals surface area contributed by atoms with Gasteiger partial charge in [-0.1, -0.05) is 19.8 Å². The van der Waals surface area contributed by atoms with Crippen LogP contribution in [-0.2, 0) is 0 Å². The van der Waals surface area contributed by atoms with Crippen LogP contribution in [0.2, 0.25) is 0 Å². The van der Waals surface area contributed by atoms with Gasteiger partial charge in [0.25, 0.3) is 0 Å². The van der Waals surface area contributed by atoms with E-state index >= 15 is 0 Å². The number of rotatable bonds is 3. The van der Waals surface area contributed by atoms with Crippen LogP contribution in [0, 0.1) is 5.92 Å². The predicted octanol–water partition coefficient (Wildman–Crippen LogP) is 2.43. The lowest BCUT2D eigenvalue weighted by Crippen LogP contribution is -2.41. The minimum Gasteiger partial charge on any atom is -0.388 e. The van der Waals surface area contributed by atoms with Gasteiger partial charge in [-0.25, -0.2) is 0 Å². The zero-order valence-electron chi connectivity index (χ0n) is 9.82. The zero-order chi connectivity index (χ0) is 11.4. The second kappa shape index (κ2) is 4.83. The van der Waals surface area contributed by atoms with Crippen LogP contribution in [0.4, 0.5) is 5.69 Å². The third-order valence-corrected chi connectivity index (χ3v) is 3.37. The van der Waals surface area contributed by atoms with E-state index < -0.39 is 5.60 Å². The Morgan fingerprint density at radius 2 is 2.25 bits per heavy atom. The van der Waals surface area contributed by atoms with E-state index in [4.69, 9.17) is 0 Å². The Bertz CT molecular complexity index is 328. The summed E-state index contributed by atoms with van der Waals surface area (Å²) in [4.78, 5) is 3.97. The van der Waals surface area contributed by atoms with Crippen molar-refractivity contribution < 1.29 is 5.11 Å². The Kier molecular flexibility index (Phi) is 3.44. The van der Waals surface area contributed by atoms with E-state index in [9.17, 15) is 5.11 Å². The lowest BCUT2D eigenvalue weighted by molar-refractivity contribution is -0.000762. The molecule has 3 heteroatoms. The molecule has 1 aromatic rings. The van der Waals surface area contributed by atoms with Gasteiger partial charge in [0.2, 0.25) is 0 Å². The first-order valence-corrected chi connectivity index (χ1v) is 6.04. The number of pyridine rings is 1. The predicted molar refractivity (Wildman–Crippen MR) is 65.3 cm³/mol. The summed E-state index contributed by atoms with van der Waals surface area (Å²) in [5.41, 5.74) is 0.502. The Morgan fingerprint density at radius 3 is 2.94 bits per heavy atom. The third-order valence-electron chi connectivity index (χ3n) is 3.37. The molecule has 2 rings (SSSR count). The van der Waals surface area contributed by atoms with Crippen molar-refractivity contribution in [2.24, 2.45) is 5.92 Å². The minimum atomic E-state index is -0.527. The molecule has 2 N–H and O–H groups in total. The van der Waals surface area contributed by atoms with Crippen LogP contribution in [-0.4, -0.2) is 22.2 Å². The SMILES string of the molecule is CC1CCCC(O)(CNc2ccncc2)C1. The summed E-state index contributed by atoms with van der Waals surface area (Å²) < 4.78 is 0. The fourth-order valence-electron chi connectivity index (χ4n) is 2.53. The van der Waals surface area contributed by atoms with Crippen molar-refractivity contribution in [3.63, 3.8) is 0 Å². The molecule has 1 fully saturated rings. The van der Waals surface area contributed by atoms with Crippen LogP contribution >= 0.6 is 0 Å². The van der Waals surface area contributed by atoms with Crippen molar-refractivity contribution in [2.75, 3.05) is 11.9 Å². The molecule has 0 radical (unpaired) electrons. The molecule has 2 unspecified atom stereocenters. The number of aromatic nitrogens is 1. The van der Waals surface area contributed by atoms with Crippen molar-refractivity contribution in [1.29, 1.82) is 0 Å². The minimum absolute atomic E-state index is 0.527. The van der Waals surface area contributed by atoms with Gasteiger partial charge >= 0.3 is 0 Å². The highest BCUT2D eigenvalue weighted by atomic mass is 16.3. The summed E-state index contributed by atoms with van der Waals surface area (Å²) in [6, 6.07) is 3.85. The Balaban J connectivity index is 1.89. The van der Waals surface area contributed by atoms with E-state index in [2.05, 4.69) is 17.2 Å². The first-order chi connectivity index (χ1) is 7.68. The number of aliphatic hydroxyl groups is 1.